The quantitative estimate of drug-likeness (QED) is 0.895. The zero-order valence-corrected chi connectivity index (χ0v) is 13.7. The number of aromatic nitrogens is 1. The van der Waals surface area contributed by atoms with E-state index >= 15 is 0 Å². The Morgan fingerprint density at radius 2 is 1.86 bits per heavy atom. The third kappa shape index (κ3) is 4.36. The molecule has 1 amide bonds. The average molecular weight is 339 g/mol. The Balaban J connectivity index is 1.97. The average Bonchev–Trinajstić information content (AvgIpc) is 2.50. The number of carbonyl (C=O) groups is 1. The summed E-state index contributed by atoms with van der Waals surface area (Å²) in [5.41, 5.74) is 0.972. The van der Waals surface area contributed by atoms with Gasteiger partial charge in [-0.05, 0) is 49.7 Å². The second-order valence-corrected chi connectivity index (χ2v) is 5.69. The molecule has 0 aliphatic rings. The number of carbonyl (C=O) groups excluding carboxylic acids is 1. The van der Waals surface area contributed by atoms with E-state index in [1.807, 2.05) is 19.1 Å². The second kappa shape index (κ2) is 7.47. The van der Waals surface area contributed by atoms with E-state index in [1.54, 1.807) is 37.5 Å². The molecule has 0 spiro atoms. The summed E-state index contributed by atoms with van der Waals surface area (Å²) in [6, 6.07) is 8.44. The fraction of sp³-hybridized carbons (Fsp3) is 0.250. The van der Waals surface area contributed by atoms with Crippen molar-refractivity contribution in [3.05, 3.63) is 58.3 Å². The van der Waals surface area contributed by atoms with E-state index in [0.29, 0.717) is 15.8 Å². The standard InChI is InChI=1S/C16H16Cl2N2O2/c1-10(12-5-7-19-8-6-12)20-16(21)11(2)22-15-4-3-13(17)9-14(15)18/h3-11H,1-2H3,(H,20,21). The predicted octanol–water partition coefficient (Wildman–Crippen LogP) is 4.03. The minimum absolute atomic E-state index is 0.137. The molecule has 2 aromatic rings. The third-order valence-corrected chi connectivity index (χ3v) is 3.66. The maximum Gasteiger partial charge on any atom is 0.261 e. The van der Waals surface area contributed by atoms with E-state index in [4.69, 9.17) is 27.9 Å². The van der Waals surface area contributed by atoms with Crippen molar-refractivity contribution in [1.82, 2.24) is 10.3 Å². The van der Waals surface area contributed by atoms with Gasteiger partial charge in [0, 0.05) is 17.4 Å². The first-order chi connectivity index (χ1) is 10.5. The van der Waals surface area contributed by atoms with Gasteiger partial charge in [0.25, 0.3) is 5.91 Å². The number of ether oxygens (including phenoxy) is 1. The van der Waals surface area contributed by atoms with Crippen molar-refractivity contribution >= 4 is 29.1 Å². The van der Waals surface area contributed by atoms with Crippen LogP contribution in [0.2, 0.25) is 10.0 Å². The van der Waals surface area contributed by atoms with Crippen LogP contribution in [-0.4, -0.2) is 17.0 Å². The third-order valence-electron chi connectivity index (χ3n) is 3.13. The lowest BCUT2D eigenvalue weighted by molar-refractivity contribution is -0.127. The lowest BCUT2D eigenvalue weighted by Gasteiger charge is -2.19. The number of amides is 1. The molecule has 116 valence electrons. The molecular formula is C16H16Cl2N2O2. The number of nitrogens with zero attached hydrogens (tertiary/aromatic N) is 1. The van der Waals surface area contributed by atoms with Gasteiger partial charge in [0.05, 0.1) is 11.1 Å². The molecule has 0 aliphatic carbocycles. The summed E-state index contributed by atoms with van der Waals surface area (Å²) in [4.78, 5) is 16.1. The van der Waals surface area contributed by atoms with E-state index in [-0.39, 0.29) is 11.9 Å². The largest absolute Gasteiger partial charge is 0.479 e. The maximum absolute atomic E-state index is 12.2. The SMILES string of the molecule is CC(Oc1ccc(Cl)cc1Cl)C(=O)NC(C)c1ccncc1. The molecule has 2 unspecified atom stereocenters. The molecule has 0 radical (unpaired) electrons. The molecule has 1 aromatic heterocycles. The van der Waals surface area contributed by atoms with Crippen LogP contribution in [0.1, 0.15) is 25.5 Å². The molecule has 0 saturated heterocycles. The van der Waals surface area contributed by atoms with Crippen molar-refractivity contribution in [2.24, 2.45) is 0 Å². The van der Waals surface area contributed by atoms with Crippen LogP contribution in [0.25, 0.3) is 0 Å². The van der Waals surface area contributed by atoms with E-state index in [9.17, 15) is 4.79 Å². The highest BCUT2D eigenvalue weighted by atomic mass is 35.5. The number of nitrogens with one attached hydrogen (secondary N) is 1. The molecule has 6 heteroatoms. The molecule has 2 atom stereocenters. The molecule has 0 aliphatic heterocycles. The van der Waals surface area contributed by atoms with Crippen molar-refractivity contribution in [2.45, 2.75) is 26.0 Å². The van der Waals surface area contributed by atoms with Gasteiger partial charge in [-0.3, -0.25) is 9.78 Å². The van der Waals surface area contributed by atoms with Crippen molar-refractivity contribution < 1.29 is 9.53 Å². The molecule has 0 fully saturated rings. The van der Waals surface area contributed by atoms with Gasteiger partial charge in [-0.15, -0.1) is 0 Å². The molecule has 2 rings (SSSR count). The number of benzene rings is 1. The van der Waals surface area contributed by atoms with E-state index in [1.165, 1.54) is 0 Å². The van der Waals surface area contributed by atoms with Crippen LogP contribution in [0.3, 0.4) is 0 Å². The van der Waals surface area contributed by atoms with Gasteiger partial charge in [-0.25, -0.2) is 0 Å². The van der Waals surface area contributed by atoms with Crippen molar-refractivity contribution in [2.75, 3.05) is 0 Å². The van der Waals surface area contributed by atoms with Crippen LogP contribution in [0, 0.1) is 0 Å². The second-order valence-electron chi connectivity index (χ2n) is 4.85. The molecule has 4 nitrogen and oxygen atoms in total. The monoisotopic (exact) mass is 338 g/mol. The Bertz CT molecular complexity index is 650. The molecular weight excluding hydrogens is 323 g/mol. The zero-order valence-electron chi connectivity index (χ0n) is 12.2. The molecule has 0 saturated carbocycles. The topological polar surface area (TPSA) is 51.2 Å². The number of hydrogen-bond acceptors (Lipinski definition) is 3. The van der Waals surface area contributed by atoms with Gasteiger partial charge in [0.1, 0.15) is 5.75 Å². The Hall–Kier alpha value is -1.78. The van der Waals surface area contributed by atoms with Crippen LogP contribution in [0.4, 0.5) is 0 Å². The molecule has 1 heterocycles. The summed E-state index contributed by atoms with van der Waals surface area (Å²) in [6.07, 6.45) is 2.69. The minimum Gasteiger partial charge on any atom is -0.479 e. The lowest BCUT2D eigenvalue weighted by Crippen LogP contribution is -2.37. The highest BCUT2D eigenvalue weighted by Crippen LogP contribution is 2.28. The van der Waals surface area contributed by atoms with Crippen LogP contribution >= 0.6 is 23.2 Å². The van der Waals surface area contributed by atoms with Crippen molar-refractivity contribution in [3.8, 4) is 5.75 Å². The van der Waals surface area contributed by atoms with Crippen molar-refractivity contribution in [1.29, 1.82) is 0 Å². The summed E-state index contributed by atoms with van der Waals surface area (Å²) in [5.74, 6) is 0.195. The number of pyridine rings is 1. The van der Waals surface area contributed by atoms with E-state index in [2.05, 4.69) is 10.3 Å². The first kappa shape index (κ1) is 16.6. The number of hydrogen-bond donors (Lipinski definition) is 1. The van der Waals surface area contributed by atoms with Gasteiger partial charge in [0.2, 0.25) is 0 Å². The molecule has 22 heavy (non-hydrogen) atoms. The van der Waals surface area contributed by atoms with E-state index in [0.717, 1.165) is 5.56 Å². The smallest absolute Gasteiger partial charge is 0.261 e. The lowest BCUT2D eigenvalue weighted by atomic mass is 10.1. The molecule has 1 aromatic carbocycles. The first-order valence-corrected chi connectivity index (χ1v) is 7.55. The summed E-state index contributed by atoms with van der Waals surface area (Å²) in [5, 5.41) is 3.77. The van der Waals surface area contributed by atoms with Crippen LogP contribution < -0.4 is 10.1 Å². The fourth-order valence-corrected chi connectivity index (χ4v) is 2.33. The summed E-state index contributed by atoms with van der Waals surface area (Å²) in [7, 11) is 0. The Morgan fingerprint density at radius 1 is 1.18 bits per heavy atom. The zero-order chi connectivity index (χ0) is 16.1. The van der Waals surface area contributed by atoms with Crippen LogP contribution in [0.15, 0.2) is 42.7 Å². The van der Waals surface area contributed by atoms with Gasteiger partial charge in [0.15, 0.2) is 6.10 Å². The highest BCUT2D eigenvalue weighted by molar-refractivity contribution is 6.35. The molecule has 1 N–H and O–H groups in total. The fourth-order valence-electron chi connectivity index (χ4n) is 1.88. The highest BCUT2D eigenvalue weighted by Gasteiger charge is 2.18. The Labute approximate surface area is 139 Å². The van der Waals surface area contributed by atoms with Gasteiger partial charge >= 0.3 is 0 Å². The van der Waals surface area contributed by atoms with Crippen LogP contribution in [0.5, 0.6) is 5.75 Å². The van der Waals surface area contributed by atoms with E-state index < -0.39 is 6.10 Å². The van der Waals surface area contributed by atoms with Gasteiger partial charge in [-0.1, -0.05) is 23.2 Å². The van der Waals surface area contributed by atoms with Gasteiger partial charge in [-0.2, -0.15) is 0 Å². The van der Waals surface area contributed by atoms with Gasteiger partial charge < -0.3 is 10.1 Å². The first-order valence-electron chi connectivity index (χ1n) is 6.79. The Kier molecular flexibility index (Phi) is 5.63. The van der Waals surface area contributed by atoms with Crippen molar-refractivity contribution in [3.63, 3.8) is 0 Å². The summed E-state index contributed by atoms with van der Waals surface area (Å²) < 4.78 is 5.58. The number of rotatable bonds is 5. The molecule has 0 bridgehead atoms. The summed E-state index contributed by atoms with van der Waals surface area (Å²) in [6.45, 7) is 3.56. The number of halogens is 2. The minimum atomic E-state index is -0.678. The van der Waals surface area contributed by atoms with Crippen LogP contribution in [-0.2, 0) is 4.79 Å². The normalized spacial score (nSPS) is 13.3. The Morgan fingerprint density at radius 3 is 2.50 bits per heavy atom. The predicted molar refractivity (Wildman–Crippen MR) is 87.3 cm³/mol. The maximum atomic E-state index is 12.2. The summed E-state index contributed by atoms with van der Waals surface area (Å²) >= 11 is 11.9.